The van der Waals surface area contributed by atoms with E-state index in [2.05, 4.69) is 19.2 Å². The molecule has 106 valence electrons. The molecule has 1 aliphatic rings. The molecule has 1 saturated carbocycles. The van der Waals surface area contributed by atoms with Gasteiger partial charge in [-0.15, -0.1) is 0 Å². The fraction of sp³-hybridized carbons (Fsp3) is 0.600. The lowest BCUT2D eigenvalue weighted by Crippen LogP contribution is -2.63. The summed E-state index contributed by atoms with van der Waals surface area (Å²) in [4.78, 5) is 0. The first kappa shape index (κ1) is 14.6. The van der Waals surface area contributed by atoms with Gasteiger partial charge in [-0.1, -0.05) is 31.5 Å². The van der Waals surface area contributed by atoms with Crippen molar-refractivity contribution in [2.75, 3.05) is 7.05 Å². The van der Waals surface area contributed by atoms with Crippen LogP contribution in [0.2, 0.25) is 5.02 Å². The highest BCUT2D eigenvalue weighted by atomic mass is 35.5. The fourth-order valence-corrected chi connectivity index (χ4v) is 3.46. The number of rotatable bonds is 5. The summed E-state index contributed by atoms with van der Waals surface area (Å²) in [6, 6.07) is 5.07. The molecule has 0 aromatic heterocycles. The molecule has 1 aromatic carbocycles. The van der Waals surface area contributed by atoms with Crippen molar-refractivity contribution in [3.05, 3.63) is 29.0 Å². The largest absolute Gasteiger partial charge is 0.485 e. The summed E-state index contributed by atoms with van der Waals surface area (Å²) in [6.45, 7) is 4.32. The summed E-state index contributed by atoms with van der Waals surface area (Å²) < 4.78 is 19.7. The summed E-state index contributed by atoms with van der Waals surface area (Å²) in [5, 5.41) is 3.67. The molecule has 0 radical (unpaired) electrons. The molecule has 1 fully saturated rings. The Bertz CT molecular complexity index is 428. The van der Waals surface area contributed by atoms with Crippen molar-refractivity contribution in [1.29, 1.82) is 0 Å². The number of nitrogens with one attached hydrogen (secondary N) is 1. The van der Waals surface area contributed by atoms with E-state index in [0.717, 1.165) is 19.3 Å². The van der Waals surface area contributed by atoms with E-state index in [1.54, 1.807) is 12.1 Å². The van der Waals surface area contributed by atoms with Gasteiger partial charge in [0.25, 0.3) is 0 Å². The fourth-order valence-electron chi connectivity index (χ4n) is 3.25. The third kappa shape index (κ3) is 2.34. The van der Waals surface area contributed by atoms with Crippen molar-refractivity contribution < 1.29 is 9.13 Å². The summed E-state index contributed by atoms with van der Waals surface area (Å²) in [5.74, 6) is -0.198. The maximum absolute atomic E-state index is 13.8. The van der Waals surface area contributed by atoms with Crippen LogP contribution < -0.4 is 10.1 Å². The van der Waals surface area contributed by atoms with Crippen LogP contribution in [0.3, 0.4) is 0 Å². The number of hydrogen-bond acceptors (Lipinski definition) is 2. The van der Waals surface area contributed by atoms with Crippen LogP contribution in [0, 0.1) is 11.2 Å². The molecular formula is C15H21ClFNO. The predicted octanol–water partition coefficient (Wildman–Crippen LogP) is 4.02. The standard InChI is InChI=1S/C15H21ClFNO/c1-4-15(5-2)12(18-3)9-13(15)19-14-10(16)7-6-8-11(14)17/h6-8,12-13,18H,4-5,9H2,1-3H3. The molecule has 0 aliphatic heterocycles. The second-order valence-corrected chi connectivity index (χ2v) is 5.58. The van der Waals surface area contributed by atoms with Gasteiger partial charge in [-0.2, -0.15) is 0 Å². The van der Waals surface area contributed by atoms with Crippen molar-refractivity contribution in [3.63, 3.8) is 0 Å². The minimum Gasteiger partial charge on any atom is -0.485 e. The number of halogens is 2. The molecule has 4 heteroatoms. The van der Waals surface area contributed by atoms with E-state index in [1.165, 1.54) is 6.07 Å². The number of hydrogen-bond donors (Lipinski definition) is 1. The monoisotopic (exact) mass is 285 g/mol. The molecule has 0 amide bonds. The van der Waals surface area contributed by atoms with E-state index >= 15 is 0 Å². The minimum atomic E-state index is -0.387. The molecule has 0 saturated heterocycles. The smallest absolute Gasteiger partial charge is 0.173 e. The number of ether oxygens (including phenoxy) is 1. The highest BCUT2D eigenvalue weighted by molar-refractivity contribution is 6.32. The first-order valence-electron chi connectivity index (χ1n) is 6.87. The highest BCUT2D eigenvalue weighted by Crippen LogP contribution is 2.49. The molecule has 2 nitrogen and oxygen atoms in total. The lowest BCUT2D eigenvalue weighted by molar-refractivity contribution is -0.0849. The van der Waals surface area contributed by atoms with E-state index < -0.39 is 0 Å². The van der Waals surface area contributed by atoms with Crippen LogP contribution in [0.25, 0.3) is 0 Å². The molecule has 2 unspecified atom stereocenters. The molecule has 2 rings (SSSR count). The van der Waals surface area contributed by atoms with Gasteiger partial charge in [0.05, 0.1) is 5.02 Å². The average Bonchev–Trinajstić information content (AvgIpc) is 2.38. The molecule has 0 spiro atoms. The van der Waals surface area contributed by atoms with E-state index in [-0.39, 0.29) is 23.1 Å². The Hall–Kier alpha value is -0.800. The Morgan fingerprint density at radius 3 is 2.63 bits per heavy atom. The molecule has 0 heterocycles. The Labute approximate surface area is 119 Å². The molecule has 1 aliphatic carbocycles. The number of benzene rings is 1. The topological polar surface area (TPSA) is 21.3 Å². The first-order valence-corrected chi connectivity index (χ1v) is 7.24. The van der Waals surface area contributed by atoms with Gasteiger partial charge in [0, 0.05) is 17.9 Å². The molecule has 1 aromatic rings. The van der Waals surface area contributed by atoms with Crippen molar-refractivity contribution in [3.8, 4) is 5.75 Å². The van der Waals surface area contributed by atoms with Gasteiger partial charge in [-0.05, 0) is 32.0 Å². The van der Waals surface area contributed by atoms with Crippen LogP contribution in [0.1, 0.15) is 33.1 Å². The van der Waals surface area contributed by atoms with Gasteiger partial charge in [-0.25, -0.2) is 4.39 Å². The van der Waals surface area contributed by atoms with Gasteiger partial charge in [-0.3, -0.25) is 0 Å². The van der Waals surface area contributed by atoms with Gasteiger partial charge in [0.15, 0.2) is 11.6 Å². The van der Waals surface area contributed by atoms with Crippen LogP contribution in [0.4, 0.5) is 4.39 Å². The second kappa shape index (κ2) is 5.68. The Morgan fingerprint density at radius 1 is 1.42 bits per heavy atom. The first-order chi connectivity index (χ1) is 9.08. The van der Waals surface area contributed by atoms with Gasteiger partial charge in [0.2, 0.25) is 0 Å². The predicted molar refractivity (Wildman–Crippen MR) is 76.3 cm³/mol. The van der Waals surface area contributed by atoms with E-state index in [4.69, 9.17) is 16.3 Å². The Kier molecular flexibility index (Phi) is 4.36. The summed E-state index contributed by atoms with van der Waals surface area (Å²) >= 11 is 6.02. The maximum atomic E-state index is 13.8. The van der Waals surface area contributed by atoms with E-state index in [9.17, 15) is 4.39 Å². The summed E-state index contributed by atoms with van der Waals surface area (Å²) in [5.41, 5.74) is 0.0698. The Morgan fingerprint density at radius 2 is 2.11 bits per heavy atom. The van der Waals surface area contributed by atoms with Crippen LogP contribution in [0.15, 0.2) is 18.2 Å². The van der Waals surface area contributed by atoms with E-state index in [0.29, 0.717) is 11.1 Å². The average molecular weight is 286 g/mol. The van der Waals surface area contributed by atoms with E-state index in [1.807, 2.05) is 7.05 Å². The van der Waals surface area contributed by atoms with Crippen LogP contribution in [0.5, 0.6) is 5.75 Å². The maximum Gasteiger partial charge on any atom is 0.173 e. The van der Waals surface area contributed by atoms with Crippen LogP contribution >= 0.6 is 11.6 Å². The van der Waals surface area contributed by atoms with Crippen molar-refractivity contribution in [2.45, 2.75) is 45.3 Å². The quantitative estimate of drug-likeness (QED) is 0.882. The zero-order valence-corrected chi connectivity index (χ0v) is 12.4. The lowest BCUT2D eigenvalue weighted by Gasteiger charge is -2.55. The van der Waals surface area contributed by atoms with Gasteiger partial charge >= 0.3 is 0 Å². The molecular weight excluding hydrogens is 265 g/mol. The lowest BCUT2D eigenvalue weighted by atomic mass is 9.58. The normalized spacial score (nSPS) is 24.9. The second-order valence-electron chi connectivity index (χ2n) is 5.17. The third-order valence-corrected chi connectivity index (χ3v) is 4.93. The third-order valence-electron chi connectivity index (χ3n) is 4.63. The SMILES string of the molecule is CCC1(CC)C(NC)CC1Oc1c(F)cccc1Cl. The molecule has 19 heavy (non-hydrogen) atoms. The van der Waals surface area contributed by atoms with Crippen molar-refractivity contribution in [2.24, 2.45) is 5.41 Å². The van der Waals surface area contributed by atoms with Crippen LogP contribution in [-0.2, 0) is 0 Å². The minimum absolute atomic E-state index is 0.0225. The highest BCUT2D eigenvalue weighted by Gasteiger charge is 2.53. The summed E-state index contributed by atoms with van der Waals surface area (Å²) in [6.07, 6.45) is 2.93. The zero-order valence-electron chi connectivity index (χ0n) is 11.7. The molecule has 0 bridgehead atoms. The zero-order chi connectivity index (χ0) is 14.0. The molecule has 1 N–H and O–H groups in total. The van der Waals surface area contributed by atoms with Gasteiger partial charge < -0.3 is 10.1 Å². The molecule has 2 atom stereocenters. The van der Waals surface area contributed by atoms with Crippen molar-refractivity contribution in [1.82, 2.24) is 5.32 Å². The Balaban J connectivity index is 2.20. The number of para-hydroxylation sites is 1. The van der Waals surface area contributed by atoms with Gasteiger partial charge in [0.1, 0.15) is 6.10 Å². The van der Waals surface area contributed by atoms with Crippen LogP contribution in [-0.4, -0.2) is 19.2 Å². The van der Waals surface area contributed by atoms with Crippen molar-refractivity contribution >= 4 is 11.6 Å². The summed E-state index contributed by atoms with van der Waals surface area (Å²) in [7, 11) is 1.97.